The van der Waals surface area contributed by atoms with Crippen molar-refractivity contribution in [2.24, 2.45) is 0 Å². The van der Waals surface area contributed by atoms with Gasteiger partial charge in [-0.1, -0.05) is 11.3 Å². The van der Waals surface area contributed by atoms with Gasteiger partial charge in [0.05, 0.1) is 0 Å². The molecular formula is C13H13F2N3O4S2. The van der Waals surface area contributed by atoms with Gasteiger partial charge in [0.1, 0.15) is 34.9 Å². The maximum Gasteiger partial charge on any atom is 0.269 e. The quantitative estimate of drug-likeness (QED) is 0.818. The first kappa shape index (κ1) is 18.4. The minimum Gasteiger partial charge on any atom is -0.364 e. The molecule has 0 radical (unpaired) electrons. The number of aromatic nitrogens is 2. The zero-order valence-corrected chi connectivity index (χ0v) is 14.3. The van der Waals surface area contributed by atoms with E-state index < -0.39 is 39.1 Å². The topological polar surface area (TPSA) is 98.2 Å². The van der Waals surface area contributed by atoms with E-state index in [9.17, 15) is 22.0 Å². The van der Waals surface area contributed by atoms with E-state index in [2.05, 4.69) is 10.2 Å². The molecule has 0 saturated carbocycles. The number of nitrogens with one attached hydrogen (secondary N) is 1. The number of hydrogen-bond acceptors (Lipinski definition) is 7. The number of carbonyl (C=O) groups is 1. The molecule has 0 aliphatic heterocycles. The summed E-state index contributed by atoms with van der Waals surface area (Å²) in [4.78, 5) is 10.4. The average Bonchev–Trinajstić information content (AvgIpc) is 2.82. The van der Waals surface area contributed by atoms with E-state index >= 15 is 0 Å². The maximum atomic E-state index is 13.7. The van der Waals surface area contributed by atoms with Gasteiger partial charge in [-0.05, 0) is 31.5 Å². The second-order valence-electron chi connectivity index (χ2n) is 4.79. The van der Waals surface area contributed by atoms with Crippen molar-refractivity contribution in [3.05, 3.63) is 39.3 Å². The van der Waals surface area contributed by atoms with E-state index in [0.717, 1.165) is 12.1 Å². The number of carbonyl (C=O) groups excluding carboxylic acids is 1. The lowest BCUT2D eigenvalue weighted by atomic mass is 10.2. The Morgan fingerprint density at radius 1 is 1.25 bits per heavy atom. The predicted molar refractivity (Wildman–Crippen MR) is 80.7 cm³/mol. The number of amides is 1. The Morgan fingerprint density at radius 2 is 1.88 bits per heavy atom. The second-order valence-corrected chi connectivity index (χ2v) is 7.68. The minimum atomic E-state index is -4.68. The van der Waals surface area contributed by atoms with Crippen molar-refractivity contribution in [3.63, 3.8) is 0 Å². The summed E-state index contributed by atoms with van der Waals surface area (Å²) in [6.45, 7) is 2.49. The van der Waals surface area contributed by atoms with E-state index in [1.807, 2.05) is 0 Å². The summed E-state index contributed by atoms with van der Waals surface area (Å²) in [5.74, 6) is -3.62. The SMILES string of the molecule is Cc1cc(F)c(S(=O)(=O)NC(=O)COCc2nnc(C)s2)c(F)c1. The van der Waals surface area contributed by atoms with Gasteiger partial charge in [-0.2, -0.15) is 0 Å². The van der Waals surface area contributed by atoms with Crippen molar-refractivity contribution in [2.45, 2.75) is 25.3 Å². The molecule has 0 bridgehead atoms. The van der Waals surface area contributed by atoms with E-state index in [0.29, 0.717) is 10.0 Å². The fourth-order valence-electron chi connectivity index (χ4n) is 1.80. The molecule has 0 atom stereocenters. The van der Waals surface area contributed by atoms with Gasteiger partial charge >= 0.3 is 0 Å². The van der Waals surface area contributed by atoms with Crippen molar-refractivity contribution < 1.29 is 26.7 Å². The fourth-order valence-corrected chi connectivity index (χ4v) is 3.54. The van der Waals surface area contributed by atoms with Crippen molar-refractivity contribution in [2.75, 3.05) is 6.61 Å². The van der Waals surface area contributed by atoms with Crippen LogP contribution in [0.1, 0.15) is 15.6 Å². The smallest absolute Gasteiger partial charge is 0.269 e. The highest BCUT2D eigenvalue weighted by Gasteiger charge is 2.26. The Hall–Kier alpha value is -1.98. The highest BCUT2D eigenvalue weighted by atomic mass is 32.2. The van der Waals surface area contributed by atoms with Crippen LogP contribution in [0.2, 0.25) is 0 Å². The summed E-state index contributed by atoms with van der Waals surface area (Å²) in [6, 6.07) is 1.72. The van der Waals surface area contributed by atoms with E-state index in [4.69, 9.17) is 4.74 Å². The van der Waals surface area contributed by atoms with Crippen LogP contribution in [0.15, 0.2) is 17.0 Å². The van der Waals surface area contributed by atoms with Crippen LogP contribution in [0.5, 0.6) is 0 Å². The first-order valence-corrected chi connectivity index (χ1v) is 8.87. The Bertz CT molecular complexity index is 845. The monoisotopic (exact) mass is 377 g/mol. The molecule has 1 aromatic carbocycles. The lowest BCUT2D eigenvalue weighted by molar-refractivity contribution is -0.124. The summed E-state index contributed by atoms with van der Waals surface area (Å²) >= 11 is 1.26. The molecule has 0 aliphatic rings. The molecule has 0 spiro atoms. The number of rotatable bonds is 6. The largest absolute Gasteiger partial charge is 0.364 e. The summed E-state index contributed by atoms with van der Waals surface area (Å²) in [5, 5.41) is 8.74. The predicted octanol–water partition coefficient (Wildman–Crippen LogP) is 1.45. The Balaban J connectivity index is 2.00. The molecule has 0 saturated heterocycles. The number of nitrogens with zero attached hydrogens (tertiary/aromatic N) is 2. The normalized spacial score (nSPS) is 11.5. The molecule has 0 aliphatic carbocycles. The highest BCUT2D eigenvalue weighted by molar-refractivity contribution is 7.90. The summed E-state index contributed by atoms with van der Waals surface area (Å²) in [5.41, 5.74) is 0.214. The maximum absolute atomic E-state index is 13.7. The van der Waals surface area contributed by atoms with Crippen LogP contribution in [0, 0.1) is 25.5 Å². The summed E-state index contributed by atoms with van der Waals surface area (Å²) in [7, 11) is -4.68. The number of sulfonamides is 1. The minimum absolute atomic E-state index is 0.0355. The third-order valence-corrected chi connectivity index (χ3v) is 4.92. The Morgan fingerprint density at radius 3 is 2.42 bits per heavy atom. The van der Waals surface area contributed by atoms with Gasteiger partial charge in [-0.3, -0.25) is 4.79 Å². The highest BCUT2D eigenvalue weighted by Crippen LogP contribution is 2.20. The van der Waals surface area contributed by atoms with Crippen molar-refractivity contribution in [1.29, 1.82) is 0 Å². The lowest BCUT2D eigenvalue weighted by Gasteiger charge is -2.09. The van der Waals surface area contributed by atoms with Crippen LogP contribution in [0.25, 0.3) is 0 Å². The summed E-state index contributed by atoms with van der Waals surface area (Å²) < 4.78 is 57.9. The van der Waals surface area contributed by atoms with Crippen LogP contribution in [-0.2, 0) is 26.2 Å². The number of benzene rings is 1. The standard InChI is InChI=1S/C13H13F2N3O4S2/c1-7-3-9(14)13(10(15)4-7)24(20,21)18-11(19)5-22-6-12-17-16-8(2)23-12/h3-4H,5-6H2,1-2H3,(H,18,19). The van der Waals surface area contributed by atoms with E-state index in [1.54, 1.807) is 11.6 Å². The first-order valence-electron chi connectivity index (χ1n) is 6.57. The van der Waals surface area contributed by atoms with Crippen LogP contribution >= 0.6 is 11.3 Å². The molecule has 7 nitrogen and oxygen atoms in total. The first-order chi connectivity index (χ1) is 11.2. The van der Waals surface area contributed by atoms with Gasteiger partial charge in [0.2, 0.25) is 0 Å². The number of ether oxygens (including phenoxy) is 1. The van der Waals surface area contributed by atoms with E-state index in [1.165, 1.54) is 18.3 Å². The van der Waals surface area contributed by atoms with Gasteiger partial charge in [0, 0.05) is 0 Å². The molecule has 1 heterocycles. The molecule has 11 heteroatoms. The molecular weight excluding hydrogens is 364 g/mol. The average molecular weight is 377 g/mol. The molecule has 24 heavy (non-hydrogen) atoms. The van der Waals surface area contributed by atoms with Crippen LogP contribution in [0.3, 0.4) is 0 Å². The van der Waals surface area contributed by atoms with Gasteiger partial charge in [0.25, 0.3) is 15.9 Å². The zero-order chi connectivity index (χ0) is 17.9. The Kier molecular flexibility index (Phi) is 5.57. The lowest BCUT2D eigenvalue weighted by Crippen LogP contribution is -2.34. The molecule has 1 N–H and O–H groups in total. The Labute approximate surface area is 140 Å². The zero-order valence-electron chi connectivity index (χ0n) is 12.7. The van der Waals surface area contributed by atoms with Crippen molar-refractivity contribution >= 4 is 27.3 Å². The molecule has 0 fully saturated rings. The fraction of sp³-hybridized carbons (Fsp3) is 0.308. The van der Waals surface area contributed by atoms with Gasteiger partial charge < -0.3 is 4.74 Å². The van der Waals surface area contributed by atoms with Gasteiger partial charge in [-0.25, -0.2) is 21.9 Å². The third-order valence-electron chi connectivity index (χ3n) is 2.69. The molecule has 1 amide bonds. The number of aryl methyl sites for hydroxylation is 2. The number of halogens is 2. The van der Waals surface area contributed by atoms with Crippen LogP contribution in [0.4, 0.5) is 8.78 Å². The van der Waals surface area contributed by atoms with Crippen molar-refractivity contribution in [1.82, 2.24) is 14.9 Å². The van der Waals surface area contributed by atoms with Gasteiger partial charge in [0.15, 0.2) is 4.90 Å². The second kappa shape index (κ2) is 7.28. The third kappa shape index (κ3) is 4.52. The molecule has 0 unspecified atom stereocenters. The van der Waals surface area contributed by atoms with Gasteiger partial charge in [-0.15, -0.1) is 10.2 Å². The molecule has 130 valence electrons. The van der Waals surface area contributed by atoms with Crippen molar-refractivity contribution in [3.8, 4) is 0 Å². The van der Waals surface area contributed by atoms with Crippen LogP contribution < -0.4 is 4.72 Å². The molecule has 1 aromatic heterocycles. The van der Waals surface area contributed by atoms with E-state index in [-0.39, 0.29) is 12.2 Å². The molecule has 2 rings (SSSR count). The summed E-state index contributed by atoms with van der Waals surface area (Å²) in [6.07, 6.45) is 0. The molecule has 2 aromatic rings. The van der Waals surface area contributed by atoms with Crippen LogP contribution in [-0.4, -0.2) is 31.1 Å². The number of hydrogen-bond donors (Lipinski definition) is 1.